The van der Waals surface area contributed by atoms with Crippen molar-refractivity contribution in [2.75, 3.05) is 0 Å². The summed E-state index contributed by atoms with van der Waals surface area (Å²) in [6, 6.07) is 7.85. The normalized spacial score (nSPS) is 12.1. The molecule has 0 radical (unpaired) electrons. The topological polar surface area (TPSA) is 178 Å². The Bertz CT molecular complexity index is 1320. The Morgan fingerprint density at radius 3 is 1.96 bits per heavy atom. The van der Waals surface area contributed by atoms with Gasteiger partial charge >= 0.3 is 20.8 Å². The van der Waals surface area contributed by atoms with Crippen molar-refractivity contribution in [1.82, 2.24) is 0 Å². The zero-order valence-electron chi connectivity index (χ0n) is 13.5. The molecule has 13 heteroatoms. The van der Waals surface area contributed by atoms with Crippen LogP contribution in [0.25, 0.3) is 22.3 Å². The first-order valence-corrected chi connectivity index (χ1v) is 9.89. The number of rotatable bonds is 5. The van der Waals surface area contributed by atoms with Crippen molar-refractivity contribution < 1.29 is 43.8 Å². The van der Waals surface area contributed by atoms with Gasteiger partial charge in [0.25, 0.3) is 0 Å². The van der Waals surface area contributed by atoms with Crippen LogP contribution in [0, 0.1) is 0 Å². The lowest BCUT2D eigenvalue weighted by atomic mass is 10.1. The van der Waals surface area contributed by atoms with Gasteiger partial charge in [-0.05, 0) is 24.3 Å². The summed E-state index contributed by atoms with van der Waals surface area (Å²) in [6.07, 6.45) is 0. The van der Waals surface area contributed by atoms with Gasteiger partial charge in [-0.3, -0.25) is 13.9 Å². The van der Waals surface area contributed by atoms with Crippen molar-refractivity contribution in [3.8, 4) is 28.6 Å². The quantitative estimate of drug-likeness (QED) is 0.500. The lowest BCUT2D eigenvalue weighted by Gasteiger charge is -2.07. The van der Waals surface area contributed by atoms with E-state index in [0.29, 0.717) is 5.56 Å². The SMILES string of the molecule is O=c1cc(-c2ccc(OS(=O)(=O)O)cc2)oc2cc(OS(=O)(=O)O)cc(O)c12. The van der Waals surface area contributed by atoms with Crippen LogP contribution >= 0.6 is 0 Å². The molecule has 0 bridgehead atoms. The van der Waals surface area contributed by atoms with E-state index in [1.807, 2.05) is 0 Å². The number of phenols is 1. The highest BCUT2D eigenvalue weighted by Crippen LogP contribution is 2.32. The van der Waals surface area contributed by atoms with Crippen molar-refractivity contribution in [2.24, 2.45) is 0 Å². The van der Waals surface area contributed by atoms with Crippen LogP contribution in [0.15, 0.2) is 51.7 Å². The van der Waals surface area contributed by atoms with Crippen LogP contribution in [-0.4, -0.2) is 31.0 Å². The van der Waals surface area contributed by atoms with Crippen molar-refractivity contribution in [3.63, 3.8) is 0 Å². The maximum absolute atomic E-state index is 12.3. The average Bonchev–Trinajstić information content (AvgIpc) is 2.51. The lowest BCUT2D eigenvalue weighted by Crippen LogP contribution is -2.07. The third-order valence-electron chi connectivity index (χ3n) is 3.33. The molecular formula is C15H10O11S2. The third-order valence-corrected chi connectivity index (χ3v) is 4.13. The highest BCUT2D eigenvalue weighted by molar-refractivity contribution is 7.81. The van der Waals surface area contributed by atoms with E-state index < -0.39 is 37.7 Å². The summed E-state index contributed by atoms with van der Waals surface area (Å²) >= 11 is 0. The molecule has 0 aliphatic carbocycles. The molecule has 1 heterocycles. The number of hydrogen-bond acceptors (Lipinski definition) is 9. The van der Waals surface area contributed by atoms with Gasteiger partial charge < -0.3 is 17.9 Å². The Hall–Kier alpha value is -3.13. The van der Waals surface area contributed by atoms with Gasteiger partial charge in [-0.1, -0.05) is 0 Å². The minimum atomic E-state index is -4.87. The van der Waals surface area contributed by atoms with Crippen molar-refractivity contribution >= 4 is 31.8 Å². The Morgan fingerprint density at radius 1 is 0.821 bits per heavy atom. The van der Waals surface area contributed by atoms with Gasteiger partial charge in [-0.15, -0.1) is 0 Å². The second kappa shape index (κ2) is 6.79. The Kier molecular flexibility index (Phi) is 4.76. The van der Waals surface area contributed by atoms with Gasteiger partial charge in [0.2, 0.25) is 0 Å². The smallest absolute Gasteiger partial charge is 0.446 e. The van der Waals surface area contributed by atoms with E-state index in [9.17, 15) is 26.7 Å². The molecule has 2 aromatic carbocycles. The largest absolute Gasteiger partial charge is 0.507 e. The molecule has 0 spiro atoms. The number of aromatic hydroxyl groups is 1. The average molecular weight is 430 g/mol. The summed E-state index contributed by atoms with van der Waals surface area (Å²) in [6.45, 7) is 0. The molecule has 28 heavy (non-hydrogen) atoms. The molecule has 0 unspecified atom stereocenters. The minimum Gasteiger partial charge on any atom is -0.507 e. The second-order valence-corrected chi connectivity index (χ2v) is 7.38. The van der Waals surface area contributed by atoms with Crippen LogP contribution in [0.4, 0.5) is 0 Å². The van der Waals surface area contributed by atoms with E-state index in [1.54, 1.807) is 0 Å². The number of hydrogen-bond donors (Lipinski definition) is 3. The fourth-order valence-electron chi connectivity index (χ4n) is 2.35. The van der Waals surface area contributed by atoms with Crippen LogP contribution in [0.5, 0.6) is 17.2 Å². The van der Waals surface area contributed by atoms with Gasteiger partial charge in [0.05, 0.1) is 0 Å². The van der Waals surface area contributed by atoms with Crippen LogP contribution in [0.2, 0.25) is 0 Å². The van der Waals surface area contributed by atoms with Crippen LogP contribution in [0.1, 0.15) is 0 Å². The van der Waals surface area contributed by atoms with E-state index in [0.717, 1.165) is 18.2 Å². The molecule has 0 atom stereocenters. The van der Waals surface area contributed by atoms with Crippen molar-refractivity contribution in [1.29, 1.82) is 0 Å². The second-order valence-electron chi connectivity index (χ2n) is 5.34. The Labute approximate surface area is 157 Å². The van der Waals surface area contributed by atoms with Gasteiger partial charge in [-0.25, -0.2) is 0 Å². The molecule has 3 N–H and O–H groups in total. The van der Waals surface area contributed by atoms with Crippen molar-refractivity contribution in [3.05, 3.63) is 52.7 Å². The summed E-state index contributed by atoms with van der Waals surface area (Å²) in [5.41, 5.74) is -0.605. The van der Waals surface area contributed by atoms with E-state index in [-0.39, 0.29) is 22.5 Å². The third kappa shape index (κ3) is 4.58. The molecule has 0 saturated carbocycles. The first-order chi connectivity index (χ1) is 12.9. The summed E-state index contributed by atoms with van der Waals surface area (Å²) in [4.78, 5) is 12.3. The monoisotopic (exact) mass is 430 g/mol. The molecule has 148 valence electrons. The fraction of sp³-hybridized carbons (Fsp3) is 0. The zero-order valence-corrected chi connectivity index (χ0v) is 15.1. The fourth-order valence-corrected chi connectivity index (χ4v) is 3.05. The van der Waals surface area contributed by atoms with E-state index in [4.69, 9.17) is 13.5 Å². The summed E-state index contributed by atoms with van der Waals surface area (Å²) in [7, 11) is -9.57. The molecule has 3 aromatic rings. The van der Waals surface area contributed by atoms with E-state index in [1.165, 1.54) is 24.3 Å². The molecule has 0 saturated heterocycles. The molecule has 1 aromatic heterocycles. The predicted molar refractivity (Wildman–Crippen MR) is 93.9 cm³/mol. The minimum absolute atomic E-state index is 0.0145. The maximum atomic E-state index is 12.3. The molecule has 0 aliphatic heterocycles. The van der Waals surface area contributed by atoms with Crippen LogP contribution in [0.3, 0.4) is 0 Å². The van der Waals surface area contributed by atoms with E-state index >= 15 is 0 Å². The zero-order chi connectivity index (χ0) is 20.7. The van der Waals surface area contributed by atoms with Gasteiger partial charge in [-0.2, -0.15) is 16.8 Å². The molecular weight excluding hydrogens is 420 g/mol. The molecule has 11 nitrogen and oxygen atoms in total. The Balaban J connectivity index is 2.08. The summed E-state index contributed by atoms with van der Waals surface area (Å²) in [5.74, 6) is -1.34. The highest BCUT2D eigenvalue weighted by Gasteiger charge is 2.16. The van der Waals surface area contributed by atoms with Crippen molar-refractivity contribution in [2.45, 2.75) is 0 Å². The predicted octanol–water partition coefficient (Wildman–Crippen LogP) is 1.53. The first kappa shape index (κ1) is 19.6. The van der Waals surface area contributed by atoms with Crippen LogP contribution < -0.4 is 13.8 Å². The van der Waals surface area contributed by atoms with Crippen LogP contribution in [-0.2, 0) is 20.8 Å². The summed E-state index contributed by atoms with van der Waals surface area (Å²) in [5, 5.41) is 9.67. The van der Waals surface area contributed by atoms with Gasteiger partial charge in [0.1, 0.15) is 28.2 Å². The lowest BCUT2D eigenvalue weighted by molar-refractivity contribution is 0.383. The standard InChI is InChI=1S/C15H10O11S2/c16-11-5-10(26-28(21,22)23)6-14-15(11)12(17)7-13(24-14)8-1-3-9(4-2-8)25-27(18,19)20/h1-7,16H,(H,18,19,20)(H,21,22,23). The first-order valence-electron chi connectivity index (χ1n) is 7.16. The number of benzene rings is 2. The van der Waals surface area contributed by atoms with Gasteiger partial charge in [0, 0.05) is 23.8 Å². The molecule has 0 aliphatic rings. The summed E-state index contributed by atoms with van der Waals surface area (Å²) < 4.78 is 74.4. The maximum Gasteiger partial charge on any atom is 0.446 e. The molecule has 0 amide bonds. The number of phenolic OH excluding ortho intramolecular Hbond substituents is 1. The molecule has 3 rings (SSSR count). The highest BCUT2D eigenvalue weighted by atomic mass is 32.3. The van der Waals surface area contributed by atoms with E-state index in [2.05, 4.69) is 8.37 Å². The Morgan fingerprint density at radius 2 is 1.39 bits per heavy atom. The van der Waals surface area contributed by atoms with Gasteiger partial charge in [0.15, 0.2) is 11.2 Å². The molecule has 0 fully saturated rings. The number of fused-ring (bicyclic) bond motifs is 1.